The zero-order valence-corrected chi connectivity index (χ0v) is 8.84. The van der Waals surface area contributed by atoms with Crippen molar-refractivity contribution in [1.29, 1.82) is 0 Å². The Bertz CT molecular complexity index is 534. The molecule has 2 nitrogen and oxygen atoms in total. The summed E-state index contributed by atoms with van der Waals surface area (Å²) in [6, 6.07) is 6.52. The van der Waals surface area contributed by atoms with Gasteiger partial charge in [0.1, 0.15) is 5.54 Å². The standard InChI is InChI=1S/C12H14ClNO/c13-10-6-2-1-5-9(10)12(14)8-4-3-7-11(12)15/h1-2,5-6H,3-4,7-8,14H2/i3D2,4D2. The van der Waals surface area contributed by atoms with E-state index < -0.39 is 36.9 Å². The minimum Gasteiger partial charge on any atom is -0.315 e. The molecule has 0 aromatic heterocycles. The molecule has 2 rings (SSSR count). The van der Waals surface area contributed by atoms with E-state index >= 15 is 0 Å². The fourth-order valence-corrected chi connectivity index (χ4v) is 1.97. The van der Waals surface area contributed by atoms with Crippen molar-refractivity contribution in [2.75, 3.05) is 0 Å². The minimum absolute atomic E-state index is 0.289. The van der Waals surface area contributed by atoms with Crippen molar-refractivity contribution in [1.82, 2.24) is 0 Å². The van der Waals surface area contributed by atoms with Crippen LogP contribution >= 0.6 is 11.6 Å². The Hall–Kier alpha value is -0.860. The molecule has 0 aliphatic heterocycles. The number of hydrogen-bond donors (Lipinski definition) is 1. The van der Waals surface area contributed by atoms with Gasteiger partial charge in [-0.15, -0.1) is 0 Å². The molecule has 1 aromatic carbocycles. The van der Waals surface area contributed by atoms with Gasteiger partial charge in [-0.1, -0.05) is 36.2 Å². The smallest absolute Gasteiger partial charge is 0.157 e. The van der Waals surface area contributed by atoms with E-state index in [2.05, 4.69) is 0 Å². The molecule has 1 aliphatic carbocycles. The maximum atomic E-state index is 12.2. The van der Waals surface area contributed by atoms with Crippen LogP contribution in [0.3, 0.4) is 0 Å². The predicted molar refractivity (Wildman–Crippen MR) is 60.8 cm³/mol. The van der Waals surface area contributed by atoms with Crippen molar-refractivity contribution in [2.45, 2.75) is 31.1 Å². The summed E-state index contributed by atoms with van der Waals surface area (Å²) in [6.45, 7) is 0. The van der Waals surface area contributed by atoms with Crippen LogP contribution in [0.1, 0.15) is 36.6 Å². The molecule has 0 spiro atoms. The van der Waals surface area contributed by atoms with Crippen LogP contribution in [0.4, 0.5) is 0 Å². The van der Waals surface area contributed by atoms with E-state index in [4.69, 9.17) is 22.8 Å². The summed E-state index contributed by atoms with van der Waals surface area (Å²) >= 11 is 6.03. The molecule has 1 fully saturated rings. The summed E-state index contributed by atoms with van der Waals surface area (Å²) in [7, 11) is 0. The highest BCUT2D eigenvalue weighted by Gasteiger charge is 2.38. The van der Waals surface area contributed by atoms with Crippen LogP contribution in [0.5, 0.6) is 0 Å². The lowest BCUT2D eigenvalue weighted by Gasteiger charge is -2.32. The number of nitrogens with two attached hydrogens (primary N) is 1. The van der Waals surface area contributed by atoms with E-state index in [0.717, 1.165) is 0 Å². The molecule has 0 heterocycles. The average molecular weight is 228 g/mol. The van der Waals surface area contributed by atoms with Gasteiger partial charge in [-0.2, -0.15) is 0 Å². The number of carbonyl (C=O) groups is 1. The molecular weight excluding hydrogens is 210 g/mol. The third-order valence-corrected chi connectivity index (χ3v) is 2.92. The number of halogens is 1. The third kappa shape index (κ3) is 1.80. The highest BCUT2D eigenvalue weighted by molar-refractivity contribution is 6.31. The van der Waals surface area contributed by atoms with E-state index in [1.807, 2.05) is 0 Å². The summed E-state index contributed by atoms with van der Waals surface area (Å²) in [5, 5.41) is 0.289. The van der Waals surface area contributed by atoms with E-state index in [0.29, 0.717) is 5.56 Å². The van der Waals surface area contributed by atoms with Crippen LogP contribution in [0.2, 0.25) is 5.02 Å². The first-order valence-corrected chi connectivity index (χ1v) is 5.05. The second-order valence-electron chi connectivity index (χ2n) is 3.58. The quantitative estimate of drug-likeness (QED) is 0.802. The highest BCUT2D eigenvalue weighted by atomic mass is 35.5. The van der Waals surface area contributed by atoms with Gasteiger partial charge in [0.25, 0.3) is 0 Å². The first-order valence-electron chi connectivity index (χ1n) is 6.67. The van der Waals surface area contributed by atoms with Crippen LogP contribution < -0.4 is 5.73 Å². The molecule has 15 heavy (non-hydrogen) atoms. The largest absolute Gasteiger partial charge is 0.315 e. The summed E-state index contributed by atoms with van der Waals surface area (Å²) < 4.78 is 30.9. The first-order chi connectivity index (χ1) is 8.60. The molecule has 3 heteroatoms. The van der Waals surface area contributed by atoms with Crippen LogP contribution in [0.15, 0.2) is 24.3 Å². The number of benzene rings is 1. The summed E-state index contributed by atoms with van der Waals surface area (Å²) in [6.07, 6.45) is -5.37. The van der Waals surface area contributed by atoms with Gasteiger partial charge in [0.2, 0.25) is 0 Å². The monoisotopic (exact) mass is 227 g/mol. The van der Waals surface area contributed by atoms with E-state index in [9.17, 15) is 4.79 Å². The minimum atomic E-state index is -2.21. The van der Waals surface area contributed by atoms with E-state index in [1.165, 1.54) is 0 Å². The molecule has 1 atom stereocenters. The molecule has 2 N–H and O–H groups in total. The SMILES string of the molecule is [2H]C1([2H])CC(=O)C(N)(c2ccccc2Cl)CC1([2H])[2H]. The second kappa shape index (κ2) is 3.95. The van der Waals surface area contributed by atoms with Crippen LogP contribution in [0.25, 0.3) is 0 Å². The Kier molecular flexibility index (Phi) is 1.76. The predicted octanol–water partition coefficient (Wildman–Crippen LogP) is 2.64. The maximum absolute atomic E-state index is 12.2. The molecule has 0 saturated heterocycles. The Balaban J connectivity index is 2.51. The zero-order chi connectivity index (χ0) is 14.5. The lowest BCUT2D eigenvalue weighted by Crippen LogP contribution is -2.47. The average Bonchev–Trinajstić information content (AvgIpc) is 2.26. The normalized spacial score (nSPS) is 37.3. The Morgan fingerprint density at radius 1 is 1.40 bits per heavy atom. The lowest BCUT2D eigenvalue weighted by molar-refractivity contribution is -0.126. The second-order valence-corrected chi connectivity index (χ2v) is 3.99. The van der Waals surface area contributed by atoms with Gasteiger partial charge in [-0.25, -0.2) is 0 Å². The van der Waals surface area contributed by atoms with Crippen LogP contribution in [0, 0.1) is 0 Å². The number of carbonyl (C=O) groups excluding carboxylic acids is 1. The van der Waals surface area contributed by atoms with Gasteiger partial charge < -0.3 is 5.73 Å². The lowest BCUT2D eigenvalue weighted by atomic mass is 9.76. The molecule has 0 amide bonds. The fourth-order valence-electron chi connectivity index (χ4n) is 1.67. The van der Waals surface area contributed by atoms with Gasteiger partial charge in [-0.3, -0.25) is 4.79 Å². The highest BCUT2D eigenvalue weighted by Crippen LogP contribution is 2.35. The van der Waals surface area contributed by atoms with Gasteiger partial charge in [-0.05, 0) is 24.4 Å². The number of rotatable bonds is 1. The third-order valence-electron chi connectivity index (χ3n) is 2.59. The molecular formula is C12H14ClNO. The van der Waals surface area contributed by atoms with Crippen molar-refractivity contribution >= 4 is 17.4 Å². The van der Waals surface area contributed by atoms with Crippen molar-refractivity contribution in [3.63, 3.8) is 0 Å². The van der Waals surface area contributed by atoms with Crippen LogP contribution in [-0.4, -0.2) is 5.78 Å². The maximum Gasteiger partial charge on any atom is 0.157 e. The van der Waals surface area contributed by atoms with E-state index in [1.54, 1.807) is 24.3 Å². The zero-order valence-electron chi connectivity index (χ0n) is 12.1. The van der Waals surface area contributed by atoms with Crippen molar-refractivity contribution in [2.24, 2.45) is 5.73 Å². The molecule has 0 radical (unpaired) electrons. The Morgan fingerprint density at radius 2 is 2.13 bits per heavy atom. The van der Waals surface area contributed by atoms with E-state index in [-0.39, 0.29) is 5.02 Å². The number of Topliss-reactive ketones (excluding diaryl/α,β-unsaturated/α-hetero) is 1. The van der Waals surface area contributed by atoms with Gasteiger partial charge in [0.05, 0.1) is 0 Å². The Morgan fingerprint density at radius 3 is 2.87 bits per heavy atom. The van der Waals surface area contributed by atoms with Gasteiger partial charge in [0.15, 0.2) is 5.78 Å². The summed E-state index contributed by atoms with van der Waals surface area (Å²) in [5.74, 6) is -0.527. The molecule has 1 aliphatic rings. The number of hydrogen-bond acceptors (Lipinski definition) is 2. The first kappa shape index (κ1) is 6.66. The van der Waals surface area contributed by atoms with Gasteiger partial charge in [0, 0.05) is 16.9 Å². The summed E-state index contributed by atoms with van der Waals surface area (Å²) in [4.78, 5) is 12.2. The molecule has 80 valence electrons. The molecule has 0 bridgehead atoms. The van der Waals surface area contributed by atoms with Crippen molar-refractivity contribution in [3.05, 3.63) is 34.9 Å². The van der Waals surface area contributed by atoms with Crippen molar-refractivity contribution < 1.29 is 10.3 Å². The molecule has 1 aromatic rings. The number of ketones is 1. The fraction of sp³-hybridized carbons (Fsp3) is 0.417. The van der Waals surface area contributed by atoms with Crippen LogP contribution in [-0.2, 0) is 10.3 Å². The topological polar surface area (TPSA) is 43.1 Å². The summed E-state index contributed by atoms with van der Waals surface area (Å²) in [5.41, 5.74) is 4.85. The Labute approximate surface area is 100 Å². The van der Waals surface area contributed by atoms with Gasteiger partial charge >= 0.3 is 0 Å². The van der Waals surface area contributed by atoms with Crippen molar-refractivity contribution in [3.8, 4) is 0 Å². The molecule has 1 saturated carbocycles. The molecule has 1 unspecified atom stereocenters.